The molecule has 1 aliphatic carbocycles. The Hall–Kier alpha value is -1.59. The van der Waals surface area contributed by atoms with Gasteiger partial charge in [0.15, 0.2) is 0 Å². The van der Waals surface area contributed by atoms with Gasteiger partial charge in [0.05, 0.1) is 16.8 Å². The number of hydrogen-bond donors (Lipinski definition) is 2. The fourth-order valence-electron chi connectivity index (χ4n) is 3.25. The summed E-state index contributed by atoms with van der Waals surface area (Å²) in [5.74, 6) is -0.110. The molecule has 0 radical (unpaired) electrons. The van der Waals surface area contributed by atoms with Crippen LogP contribution in [0.2, 0.25) is 5.02 Å². The topological polar surface area (TPSA) is 69.6 Å². The van der Waals surface area contributed by atoms with E-state index >= 15 is 0 Å². The van der Waals surface area contributed by atoms with Gasteiger partial charge in [-0.2, -0.15) is 0 Å². The molecule has 3 rings (SSSR count). The molecule has 0 spiro atoms. The number of amides is 2. The van der Waals surface area contributed by atoms with E-state index in [0.717, 1.165) is 32.1 Å². The van der Waals surface area contributed by atoms with E-state index in [0.29, 0.717) is 29.2 Å². The first-order valence-electron chi connectivity index (χ1n) is 8.13. The molecule has 23 heavy (non-hydrogen) atoms. The van der Waals surface area contributed by atoms with Crippen molar-refractivity contribution in [2.75, 3.05) is 11.4 Å². The lowest BCUT2D eigenvalue weighted by molar-refractivity contribution is -0.117. The van der Waals surface area contributed by atoms with E-state index in [-0.39, 0.29) is 24.0 Å². The number of aliphatic hydroxyl groups excluding tert-OH is 1. The number of rotatable bonds is 3. The molecule has 124 valence electrons. The molecule has 0 unspecified atom stereocenters. The summed E-state index contributed by atoms with van der Waals surface area (Å²) in [6, 6.07) is 5.14. The van der Waals surface area contributed by atoms with E-state index in [4.69, 9.17) is 11.6 Å². The highest BCUT2D eigenvalue weighted by Gasteiger charge is 2.25. The second-order valence-electron chi connectivity index (χ2n) is 6.29. The van der Waals surface area contributed by atoms with Crippen molar-refractivity contribution in [2.45, 2.75) is 50.7 Å². The zero-order valence-corrected chi connectivity index (χ0v) is 13.7. The smallest absolute Gasteiger partial charge is 0.251 e. The zero-order chi connectivity index (χ0) is 16.4. The first-order chi connectivity index (χ1) is 11.0. The number of hydrogen-bond acceptors (Lipinski definition) is 3. The molecule has 5 nitrogen and oxygen atoms in total. The maximum atomic E-state index is 12.4. The fourth-order valence-corrected chi connectivity index (χ4v) is 3.47. The van der Waals surface area contributed by atoms with Crippen molar-refractivity contribution in [2.24, 2.45) is 0 Å². The highest BCUT2D eigenvalue weighted by Crippen LogP contribution is 2.30. The Labute approximate surface area is 140 Å². The summed E-state index contributed by atoms with van der Waals surface area (Å²) in [5.41, 5.74) is 1.12. The Morgan fingerprint density at radius 3 is 2.65 bits per heavy atom. The Kier molecular flexibility index (Phi) is 4.87. The van der Waals surface area contributed by atoms with Gasteiger partial charge in [0.25, 0.3) is 5.91 Å². The molecule has 0 bridgehead atoms. The number of nitrogens with one attached hydrogen (secondary N) is 1. The number of benzene rings is 1. The second-order valence-corrected chi connectivity index (χ2v) is 6.70. The molecular weight excluding hydrogens is 316 g/mol. The molecule has 1 aliphatic heterocycles. The molecule has 2 amide bonds. The largest absolute Gasteiger partial charge is 0.393 e. The SMILES string of the molecule is O=C(NC1CCC(O)CC1)c1ccc(Cl)c(N2CCCC2=O)c1. The number of carbonyl (C=O) groups is 2. The molecule has 0 aromatic heterocycles. The lowest BCUT2D eigenvalue weighted by Gasteiger charge is -2.26. The van der Waals surface area contributed by atoms with Crippen LogP contribution >= 0.6 is 11.6 Å². The van der Waals surface area contributed by atoms with Crippen molar-refractivity contribution in [1.29, 1.82) is 0 Å². The van der Waals surface area contributed by atoms with Crippen molar-refractivity contribution >= 4 is 29.1 Å². The lowest BCUT2D eigenvalue weighted by Crippen LogP contribution is -2.38. The van der Waals surface area contributed by atoms with Crippen LogP contribution in [0.5, 0.6) is 0 Å². The van der Waals surface area contributed by atoms with Gasteiger partial charge in [0.2, 0.25) is 5.91 Å². The predicted molar refractivity (Wildman–Crippen MR) is 88.8 cm³/mol. The minimum absolute atomic E-state index is 0.0470. The van der Waals surface area contributed by atoms with Gasteiger partial charge in [-0.05, 0) is 50.3 Å². The van der Waals surface area contributed by atoms with Gasteiger partial charge < -0.3 is 15.3 Å². The van der Waals surface area contributed by atoms with E-state index in [2.05, 4.69) is 5.32 Å². The number of aliphatic hydroxyl groups is 1. The molecule has 1 aromatic carbocycles. The summed E-state index contributed by atoms with van der Waals surface area (Å²) in [7, 11) is 0. The molecule has 2 aliphatic rings. The van der Waals surface area contributed by atoms with Crippen LogP contribution in [0.25, 0.3) is 0 Å². The van der Waals surface area contributed by atoms with Crippen LogP contribution in [0.1, 0.15) is 48.9 Å². The van der Waals surface area contributed by atoms with Crippen LogP contribution in [0, 0.1) is 0 Å². The van der Waals surface area contributed by atoms with Crippen molar-refractivity contribution < 1.29 is 14.7 Å². The summed E-state index contributed by atoms with van der Waals surface area (Å²) >= 11 is 6.20. The van der Waals surface area contributed by atoms with E-state index in [9.17, 15) is 14.7 Å². The molecule has 1 heterocycles. The van der Waals surface area contributed by atoms with E-state index in [1.165, 1.54) is 0 Å². The van der Waals surface area contributed by atoms with Crippen LogP contribution in [-0.2, 0) is 4.79 Å². The van der Waals surface area contributed by atoms with Crippen LogP contribution in [0.15, 0.2) is 18.2 Å². The van der Waals surface area contributed by atoms with Crippen LogP contribution in [-0.4, -0.2) is 35.6 Å². The molecule has 1 saturated carbocycles. The van der Waals surface area contributed by atoms with Gasteiger partial charge >= 0.3 is 0 Å². The monoisotopic (exact) mass is 336 g/mol. The third-order valence-electron chi connectivity index (χ3n) is 4.60. The van der Waals surface area contributed by atoms with Gasteiger partial charge in [-0.25, -0.2) is 0 Å². The summed E-state index contributed by atoms with van der Waals surface area (Å²) in [6.07, 6.45) is 4.12. The van der Waals surface area contributed by atoms with E-state index in [1.54, 1.807) is 23.1 Å². The van der Waals surface area contributed by atoms with Gasteiger partial charge in [0, 0.05) is 24.6 Å². The second kappa shape index (κ2) is 6.89. The Morgan fingerprint density at radius 2 is 2.00 bits per heavy atom. The lowest BCUT2D eigenvalue weighted by atomic mass is 9.93. The summed E-state index contributed by atoms with van der Waals surface area (Å²) < 4.78 is 0. The van der Waals surface area contributed by atoms with Gasteiger partial charge in [0.1, 0.15) is 0 Å². The minimum Gasteiger partial charge on any atom is -0.393 e. The Bertz CT molecular complexity index is 612. The third kappa shape index (κ3) is 3.67. The quantitative estimate of drug-likeness (QED) is 0.891. The van der Waals surface area contributed by atoms with Crippen LogP contribution in [0.3, 0.4) is 0 Å². The Morgan fingerprint density at radius 1 is 1.26 bits per heavy atom. The molecule has 2 fully saturated rings. The van der Waals surface area contributed by atoms with Crippen molar-refractivity contribution in [3.8, 4) is 0 Å². The maximum Gasteiger partial charge on any atom is 0.251 e. The summed E-state index contributed by atoms with van der Waals surface area (Å²) in [6.45, 7) is 0.643. The van der Waals surface area contributed by atoms with Gasteiger partial charge in [-0.3, -0.25) is 9.59 Å². The summed E-state index contributed by atoms with van der Waals surface area (Å²) in [5, 5.41) is 13.0. The molecule has 0 atom stereocenters. The van der Waals surface area contributed by atoms with Crippen LogP contribution < -0.4 is 10.2 Å². The maximum absolute atomic E-state index is 12.4. The van der Waals surface area contributed by atoms with E-state index < -0.39 is 0 Å². The van der Waals surface area contributed by atoms with Gasteiger partial charge in [-0.15, -0.1) is 0 Å². The molecule has 2 N–H and O–H groups in total. The molecule has 1 saturated heterocycles. The average Bonchev–Trinajstić information content (AvgIpc) is 2.96. The van der Waals surface area contributed by atoms with Crippen molar-refractivity contribution in [3.05, 3.63) is 28.8 Å². The number of anilines is 1. The van der Waals surface area contributed by atoms with E-state index in [1.807, 2.05) is 0 Å². The first-order valence-corrected chi connectivity index (χ1v) is 8.51. The predicted octanol–water partition coefficient (Wildman–Crippen LogP) is 2.50. The average molecular weight is 337 g/mol. The van der Waals surface area contributed by atoms with Crippen molar-refractivity contribution in [1.82, 2.24) is 5.32 Å². The zero-order valence-electron chi connectivity index (χ0n) is 12.9. The van der Waals surface area contributed by atoms with Gasteiger partial charge in [-0.1, -0.05) is 11.6 Å². The number of carbonyl (C=O) groups excluding carboxylic acids is 2. The fraction of sp³-hybridized carbons (Fsp3) is 0.529. The van der Waals surface area contributed by atoms with Crippen LogP contribution in [0.4, 0.5) is 5.69 Å². The first kappa shape index (κ1) is 16.3. The summed E-state index contributed by atoms with van der Waals surface area (Å²) in [4.78, 5) is 26.0. The third-order valence-corrected chi connectivity index (χ3v) is 4.92. The highest BCUT2D eigenvalue weighted by molar-refractivity contribution is 6.34. The molecular formula is C17H21ClN2O3. The number of nitrogens with zero attached hydrogens (tertiary/aromatic N) is 1. The van der Waals surface area contributed by atoms with Crippen molar-refractivity contribution in [3.63, 3.8) is 0 Å². The highest BCUT2D eigenvalue weighted by atomic mass is 35.5. The molecule has 1 aromatic rings. The molecule has 6 heteroatoms. The number of halogens is 1. The Balaban J connectivity index is 1.72. The minimum atomic E-state index is -0.244. The normalized spacial score (nSPS) is 24.8. The standard InChI is InChI=1S/C17H21ClN2O3/c18-14-8-3-11(10-15(14)20-9-1-2-16(20)22)17(23)19-12-4-6-13(21)7-5-12/h3,8,10,12-13,21H,1-2,4-7,9H2,(H,19,23).